The van der Waals surface area contributed by atoms with Crippen molar-refractivity contribution < 1.29 is 19.0 Å². The lowest BCUT2D eigenvalue weighted by Gasteiger charge is -2.45. The van der Waals surface area contributed by atoms with E-state index < -0.39 is 0 Å². The van der Waals surface area contributed by atoms with Gasteiger partial charge in [0.05, 0.1) is 24.7 Å². The van der Waals surface area contributed by atoms with Crippen LogP contribution in [0.1, 0.15) is 32.1 Å². The third-order valence-electron chi connectivity index (χ3n) is 4.51. The maximum atomic E-state index is 11.9. The Morgan fingerprint density at radius 1 is 1.28 bits per heavy atom. The average Bonchev–Trinajstić information content (AvgIpc) is 3.13. The van der Waals surface area contributed by atoms with E-state index in [1.807, 2.05) is 6.08 Å². The second kappa shape index (κ2) is 3.98. The number of hydrogen-bond donors (Lipinski definition) is 0. The van der Waals surface area contributed by atoms with Crippen LogP contribution in [0.5, 0.6) is 0 Å². The molecular formula is C14H18O4. The number of ether oxygens (including phenoxy) is 3. The van der Waals surface area contributed by atoms with Crippen LogP contribution >= 0.6 is 0 Å². The minimum atomic E-state index is -0.0758. The van der Waals surface area contributed by atoms with E-state index in [1.165, 1.54) is 6.42 Å². The summed E-state index contributed by atoms with van der Waals surface area (Å²) >= 11 is 0. The molecule has 4 nitrogen and oxygen atoms in total. The largest absolute Gasteiger partial charge is 0.483 e. The molecule has 0 spiro atoms. The molecule has 98 valence electrons. The Kier molecular flexibility index (Phi) is 2.40. The molecule has 0 N–H and O–H groups in total. The summed E-state index contributed by atoms with van der Waals surface area (Å²) in [6.07, 6.45) is 8.28. The van der Waals surface area contributed by atoms with Gasteiger partial charge in [0.15, 0.2) is 6.10 Å². The molecule has 2 bridgehead atoms. The molecular weight excluding hydrogens is 232 g/mol. The van der Waals surface area contributed by atoms with Crippen molar-refractivity contribution in [2.75, 3.05) is 6.61 Å². The maximum absolute atomic E-state index is 11.9. The van der Waals surface area contributed by atoms with Gasteiger partial charge in [-0.2, -0.15) is 0 Å². The highest BCUT2D eigenvalue weighted by molar-refractivity contribution is 5.75. The van der Waals surface area contributed by atoms with Crippen LogP contribution in [0.2, 0.25) is 0 Å². The first-order chi connectivity index (χ1) is 8.78. The molecule has 1 saturated carbocycles. The Balaban J connectivity index is 1.27. The monoisotopic (exact) mass is 250 g/mol. The lowest BCUT2D eigenvalue weighted by Crippen LogP contribution is -2.46. The van der Waals surface area contributed by atoms with Crippen LogP contribution in [0.25, 0.3) is 0 Å². The molecule has 18 heavy (non-hydrogen) atoms. The molecule has 0 amide bonds. The van der Waals surface area contributed by atoms with Crippen LogP contribution in [0.3, 0.4) is 0 Å². The molecule has 3 heterocycles. The first kappa shape index (κ1) is 10.9. The number of esters is 1. The van der Waals surface area contributed by atoms with Gasteiger partial charge in [-0.3, -0.25) is 4.79 Å². The smallest absolute Gasteiger partial charge is 0.312 e. The van der Waals surface area contributed by atoms with Crippen molar-refractivity contribution >= 4 is 5.97 Å². The molecule has 5 aliphatic rings. The van der Waals surface area contributed by atoms with Crippen LogP contribution in [-0.4, -0.2) is 30.9 Å². The van der Waals surface area contributed by atoms with E-state index in [2.05, 4.69) is 0 Å². The van der Waals surface area contributed by atoms with Crippen LogP contribution < -0.4 is 0 Å². The van der Waals surface area contributed by atoms with Gasteiger partial charge < -0.3 is 14.2 Å². The highest BCUT2D eigenvalue weighted by Gasteiger charge is 2.41. The summed E-state index contributed by atoms with van der Waals surface area (Å²) in [5, 5.41) is 0. The topological polar surface area (TPSA) is 48.1 Å². The number of rotatable bonds is 3. The summed E-state index contributed by atoms with van der Waals surface area (Å²) in [6, 6.07) is 0. The van der Waals surface area contributed by atoms with Crippen LogP contribution in [0, 0.1) is 11.8 Å². The van der Waals surface area contributed by atoms with Crippen molar-refractivity contribution in [1.82, 2.24) is 0 Å². The van der Waals surface area contributed by atoms with Gasteiger partial charge in [0.25, 0.3) is 0 Å². The molecule has 4 heteroatoms. The molecule has 5 rings (SSSR count). The summed E-state index contributed by atoms with van der Waals surface area (Å²) in [7, 11) is 0. The van der Waals surface area contributed by atoms with Crippen molar-refractivity contribution in [3.05, 3.63) is 11.8 Å². The minimum Gasteiger partial charge on any atom is -0.483 e. The fraction of sp³-hybridized carbons (Fsp3) is 0.786. The van der Waals surface area contributed by atoms with Gasteiger partial charge in [-0.1, -0.05) is 0 Å². The van der Waals surface area contributed by atoms with Crippen LogP contribution in [-0.2, 0) is 19.0 Å². The standard InChI is InChI=1S/C14H18O4/c15-14(9-1-2-12-13(5-9)18-12)16-7-8-3-10-6-11(4-8)17-10/h5,8-12H,1-4,6-7H2. The highest BCUT2D eigenvalue weighted by Crippen LogP contribution is 2.40. The summed E-state index contributed by atoms with van der Waals surface area (Å²) < 4.78 is 16.4. The Labute approximate surface area is 106 Å². The summed E-state index contributed by atoms with van der Waals surface area (Å²) in [5.74, 6) is 1.35. The summed E-state index contributed by atoms with van der Waals surface area (Å²) in [6.45, 7) is 0.569. The van der Waals surface area contributed by atoms with E-state index in [0.717, 1.165) is 31.4 Å². The number of fused-ring (bicyclic) bond motifs is 3. The van der Waals surface area contributed by atoms with Gasteiger partial charge in [0.2, 0.25) is 0 Å². The number of carbonyl (C=O) groups excluding carboxylic acids is 1. The van der Waals surface area contributed by atoms with Gasteiger partial charge in [0.1, 0.15) is 5.76 Å². The number of epoxide rings is 1. The van der Waals surface area contributed by atoms with Crippen molar-refractivity contribution in [3.8, 4) is 0 Å². The molecule has 4 unspecified atom stereocenters. The zero-order chi connectivity index (χ0) is 12.1. The maximum Gasteiger partial charge on any atom is 0.312 e. The fourth-order valence-electron chi connectivity index (χ4n) is 3.42. The Bertz CT molecular complexity index is 387. The lowest BCUT2D eigenvalue weighted by atomic mass is 9.81. The first-order valence-corrected chi connectivity index (χ1v) is 6.98. The second-order valence-corrected chi connectivity index (χ2v) is 5.94. The predicted molar refractivity (Wildman–Crippen MR) is 62.6 cm³/mol. The second-order valence-electron chi connectivity index (χ2n) is 5.94. The van der Waals surface area contributed by atoms with Gasteiger partial charge in [-0.25, -0.2) is 0 Å². The van der Waals surface area contributed by atoms with Crippen molar-refractivity contribution in [3.63, 3.8) is 0 Å². The molecule has 4 fully saturated rings. The van der Waals surface area contributed by atoms with E-state index in [1.54, 1.807) is 0 Å². The van der Waals surface area contributed by atoms with Crippen molar-refractivity contribution in [2.24, 2.45) is 11.8 Å². The third-order valence-corrected chi connectivity index (χ3v) is 4.51. The highest BCUT2D eigenvalue weighted by atomic mass is 16.6. The normalized spacial score (nSPS) is 44.0. The molecule has 4 atom stereocenters. The Morgan fingerprint density at radius 3 is 2.78 bits per heavy atom. The molecule has 0 radical (unpaired) electrons. The third kappa shape index (κ3) is 1.92. The molecule has 0 aromatic carbocycles. The zero-order valence-corrected chi connectivity index (χ0v) is 10.3. The van der Waals surface area contributed by atoms with Crippen LogP contribution in [0.4, 0.5) is 0 Å². The molecule has 0 aromatic rings. The van der Waals surface area contributed by atoms with Gasteiger partial charge >= 0.3 is 5.97 Å². The first-order valence-electron chi connectivity index (χ1n) is 6.98. The molecule has 0 aromatic heterocycles. The van der Waals surface area contributed by atoms with E-state index >= 15 is 0 Å². The quantitative estimate of drug-likeness (QED) is 0.566. The number of carbonyl (C=O) groups is 1. The van der Waals surface area contributed by atoms with E-state index in [9.17, 15) is 4.79 Å². The SMILES string of the molecule is O=C(OCC1CC2CC(C1)O2)C1C=C2OC2CC1. The number of hydrogen-bond acceptors (Lipinski definition) is 4. The predicted octanol–water partition coefficient (Wildman–Crippen LogP) is 1.79. The van der Waals surface area contributed by atoms with Gasteiger partial charge in [-0.05, 0) is 44.1 Å². The van der Waals surface area contributed by atoms with E-state index in [0.29, 0.717) is 30.8 Å². The lowest BCUT2D eigenvalue weighted by molar-refractivity contribution is -0.183. The molecule has 3 saturated heterocycles. The zero-order valence-electron chi connectivity index (χ0n) is 10.3. The summed E-state index contributed by atoms with van der Waals surface area (Å²) in [4.78, 5) is 11.9. The molecule has 2 aliphatic carbocycles. The molecule has 3 aliphatic heterocycles. The summed E-state index contributed by atoms with van der Waals surface area (Å²) in [5.41, 5.74) is 0. The van der Waals surface area contributed by atoms with Crippen molar-refractivity contribution in [2.45, 2.75) is 50.4 Å². The van der Waals surface area contributed by atoms with Gasteiger partial charge in [-0.15, -0.1) is 0 Å². The van der Waals surface area contributed by atoms with E-state index in [4.69, 9.17) is 14.2 Å². The average molecular weight is 250 g/mol. The van der Waals surface area contributed by atoms with Crippen LogP contribution in [0.15, 0.2) is 11.8 Å². The van der Waals surface area contributed by atoms with Crippen molar-refractivity contribution in [1.29, 1.82) is 0 Å². The Morgan fingerprint density at radius 2 is 2.06 bits per heavy atom. The fourth-order valence-corrected chi connectivity index (χ4v) is 3.42. The van der Waals surface area contributed by atoms with Gasteiger partial charge in [0, 0.05) is 0 Å². The van der Waals surface area contributed by atoms with E-state index in [-0.39, 0.29) is 11.9 Å². The minimum absolute atomic E-state index is 0.0726. The Hall–Kier alpha value is -1.03.